The Morgan fingerprint density at radius 2 is 2.04 bits per heavy atom. The van der Waals surface area contributed by atoms with Gasteiger partial charge in [0.1, 0.15) is 6.54 Å². The van der Waals surface area contributed by atoms with Gasteiger partial charge < -0.3 is 4.74 Å². The van der Waals surface area contributed by atoms with Gasteiger partial charge in [-0.2, -0.15) is 13.2 Å². The zero-order valence-electron chi connectivity index (χ0n) is 12.2. The lowest BCUT2D eigenvalue weighted by Gasteiger charge is -2.15. The maximum Gasteiger partial charge on any atom is 0.402 e. The second-order valence-electron chi connectivity index (χ2n) is 4.99. The molecule has 0 aliphatic carbocycles. The highest BCUT2D eigenvalue weighted by molar-refractivity contribution is 7.89. The second-order valence-corrected chi connectivity index (χ2v) is 6.76. The third-order valence-corrected chi connectivity index (χ3v) is 4.62. The lowest BCUT2D eigenvalue weighted by Crippen LogP contribution is -2.33. The summed E-state index contributed by atoms with van der Waals surface area (Å²) in [5.41, 5.74) is 0.191. The van der Waals surface area contributed by atoms with Gasteiger partial charge in [0.2, 0.25) is 10.0 Å². The Kier molecular flexibility index (Phi) is 5.13. The molecule has 1 N–H and O–H groups in total. The molecule has 1 aromatic carbocycles. The molecule has 11 heteroatoms. The summed E-state index contributed by atoms with van der Waals surface area (Å²) in [6.07, 6.45) is -2.21. The van der Waals surface area contributed by atoms with Crippen LogP contribution in [0, 0.1) is 10.1 Å². The van der Waals surface area contributed by atoms with Gasteiger partial charge in [0.25, 0.3) is 5.69 Å². The van der Waals surface area contributed by atoms with E-state index in [0.717, 1.165) is 12.1 Å². The molecule has 1 aromatic rings. The van der Waals surface area contributed by atoms with Crippen LogP contribution in [0.3, 0.4) is 0 Å². The quantitative estimate of drug-likeness (QED) is 0.638. The minimum absolute atomic E-state index is 0.175. The number of allylic oxidation sites excluding steroid dienone is 1. The second kappa shape index (κ2) is 6.77. The molecular formula is C13H13F3N2O5S. The van der Waals surface area contributed by atoms with Crippen LogP contribution in [0.1, 0.15) is 18.4 Å². The van der Waals surface area contributed by atoms with Crippen molar-refractivity contribution in [3.05, 3.63) is 40.1 Å². The SMILES string of the molecule is O=[N+]([O-])c1cc(S(=O)(=O)NCC(F)(F)F)ccc1C1=COCCC1. The third kappa shape index (κ3) is 4.45. The van der Waals surface area contributed by atoms with Crippen LogP contribution in [0.25, 0.3) is 5.57 Å². The van der Waals surface area contributed by atoms with Gasteiger partial charge in [0.15, 0.2) is 0 Å². The molecule has 0 saturated heterocycles. The van der Waals surface area contributed by atoms with Gasteiger partial charge in [-0.15, -0.1) is 0 Å². The molecule has 7 nitrogen and oxygen atoms in total. The van der Waals surface area contributed by atoms with Crippen LogP contribution in [-0.4, -0.2) is 32.7 Å². The Morgan fingerprint density at radius 3 is 2.58 bits per heavy atom. The van der Waals surface area contributed by atoms with E-state index < -0.39 is 38.3 Å². The molecule has 0 bridgehead atoms. The topological polar surface area (TPSA) is 98.5 Å². The minimum Gasteiger partial charge on any atom is -0.501 e. The number of nitro benzene ring substituents is 1. The van der Waals surface area contributed by atoms with Gasteiger partial charge in [-0.25, -0.2) is 13.1 Å². The van der Waals surface area contributed by atoms with Crippen molar-refractivity contribution >= 4 is 21.3 Å². The first-order valence-corrected chi connectivity index (χ1v) is 8.24. The first-order valence-electron chi connectivity index (χ1n) is 6.76. The molecule has 0 radical (unpaired) electrons. The van der Waals surface area contributed by atoms with Crippen LogP contribution < -0.4 is 4.72 Å². The van der Waals surface area contributed by atoms with Crippen molar-refractivity contribution in [2.45, 2.75) is 23.9 Å². The molecule has 0 atom stereocenters. The number of hydrogen-bond donors (Lipinski definition) is 1. The lowest BCUT2D eigenvalue weighted by atomic mass is 10.00. The van der Waals surface area contributed by atoms with E-state index in [1.54, 1.807) is 0 Å². The minimum atomic E-state index is -4.73. The predicted octanol–water partition coefficient (Wildman–Crippen LogP) is 2.59. The number of nitro groups is 1. The van der Waals surface area contributed by atoms with Crippen LogP contribution >= 0.6 is 0 Å². The van der Waals surface area contributed by atoms with Gasteiger partial charge in [-0.3, -0.25) is 10.1 Å². The van der Waals surface area contributed by atoms with E-state index in [1.807, 2.05) is 0 Å². The Balaban J connectivity index is 2.38. The Morgan fingerprint density at radius 1 is 1.33 bits per heavy atom. The fourth-order valence-corrected chi connectivity index (χ4v) is 3.16. The number of ether oxygens (including phenoxy) is 1. The van der Waals surface area contributed by atoms with Gasteiger partial charge >= 0.3 is 6.18 Å². The molecular weight excluding hydrogens is 353 g/mol. The van der Waals surface area contributed by atoms with Gasteiger partial charge in [0, 0.05) is 11.6 Å². The van der Waals surface area contributed by atoms with Crippen molar-refractivity contribution in [3.63, 3.8) is 0 Å². The molecule has 0 fully saturated rings. The number of alkyl halides is 3. The zero-order valence-corrected chi connectivity index (χ0v) is 13.0. The molecule has 0 unspecified atom stereocenters. The van der Waals surface area contributed by atoms with Crippen molar-refractivity contribution in [3.8, 4) is 0 Å². The summed E-state index contributed by atoms with van der Waals surface area (Å²) >= 11 is 0. The number of sulfonamides is 1. The summed E-state index contributed by atoms with van der Waals surface area (Å²) in [6.45, 7) is -1.28. The molecule has 1 aliphatic rings. The summed E-state index contributed by atoms with van der Waals surface area (Å²) in [4.78, 5) is 9.81. The third-order valence-electron chi connectivity index (χ3n) is 3.22. The number of hydrogen-bond acceptors (Lipinski definition) is 5. The molecule has 1 heterocycles. The molecule has 0 saturated carbocycles. The number of nitrogens with one attached hydrogen (secondary N) is 1. The monoisotopic (exact) mass is 366 g/mol. The molecule has 1 aliphatic heterocycles. The average molecular weight is 366 g/mol. The van der Waals surface area contributed by atoms with E-state index in [9.17, 15) is 31.7 Å². The Bertz CT molecular complexity index is 774. The normalized spacial score (nSPS) is 15.5. The van der Waals surface area contributed by atoms with Crippen LogP contribution in [-0.2, 0) is 14.8 Å². The van der Waals surface area contributed by atoms with Crippen molar-refractivity contribution < 1.29 is 31.2 Å². The first kappa shape index (κ1) is 18.2. The van der Waals surface area contributed by atoms with Crippen LogP contribution in [0.4, 0.5) is 18.9 Å². The van der Waals surface area contributed by atoms with E-state index in [2.05, 4.69) is 0 Å². The summed E-state index contributed by atoms with van der Waals surface area (Å²) in [7, 11) is -4.52. The molecule has 24 heavy (non-hydrogen) atoms. The smallest absolute Gasteiger partial charge is 0.402 e. The standard InChI is InChI=1S/C13H13F3N2O5S/c14-13(15,16)8-17-24(21,22)10-3-4-11(12(6-10)18(19)20)9-2-1-5-23-7-9/h3-4,6-7,17H,1-2,5,8H2. The van der Waals surface area contributed by atoms with Crippen LogP contribution in [0.2, 0.25) is 0 Å². The number of benzene rings is 1. The van der Waals surface area contributed by atoms with Gasteiger partial charge in [0.05, 0.1) is 28.3 Å². The summed E-state index contributed by atoms with van der Waals surface area (Å²) in [5, 5.41) is 11.2. The van der Waals surface area contributed by atoms with Crippen molar-refractivity contribution in [1.82, 2.24) is 4.72 Å². The van der Waals surface area contributed by atoms with E-state index in [0.29, 0.717) is 25.0 Å². The summed E-state index contributed by atoms with van der Waals surface area (Å²) in [5.74, 6) is 0. The molecule has 2 rings (SSSR count). The molecule has 0 spiro atoms. The maximum atomic E-state index is 12.2. The van der Waals surface area contributed by atoms with Crippen molar-refractivity contribution in [1.29, 1.82) is 0 Å². The van der Waals surface area contributed by atoms with E-state index >= 15 is 0 Å². The number of rotatable bonds is 5. The van der Waals surface area contributed by atoms with E-state index in [1.165, 1.54) is 17.1 Å². The highest BCUT2D eigenvalue weighted by atomic mass is 32.2. The van der Waals surface area contributed by atoms with Crippen molar-refractivity contribution in [2.75, 3.05) is 13.2 Å². The lowest BCUT2D eigenvalue weighted by molar-refractivity contribution is -0.385. The molecule has 132 valence electrons. The van der Waals surface area contributed by atoms with Crippen LogP contribution in [0.15, 0.2) is 29.4 Å². The first-order chi connectivity index (χ1) is 11.1. The summed E-state index contributed by atoms with van der Waals surface area (Å²) < 4.78 is 66.7. The van der Waals surface area contributed by atoms with E-state index in [4.69, 9.17) is 4.74 Å². The largest absolute Gasteiger partial charge is 0.501 e. The Labute approximate surface area is 135 Å². The molecule has 0 amide bonds. The van der Waals surface area contributed by atoms with Crippen LogP contribution in [0.5, 0.6) is 0 Å². The fourth-order valence-electron chi connectivity index (χ4n) is 2.12. The fraction of sp³-hybridized carbons (Fsp3) is 0.385. The predicted molar refractivity (Wildman–Crippen MR) is 77.5 cm³/mol. The van der Waals surface area contributed by atoms with Gasteiger partial charge in [-0.1, -0.05) is 0 Å². The average Bonchev–Trinajstić information content (AvgIpc) is 2.52. The number of nitrogens with zero attached hydrogens (tertiary/aromatic N) is 1. The highest BCUT2D eigenvalue weighted by Gasteiger charge is 2.31. The Hall–Kier alpha value is -2.14. The molecule has 0 aromatic heterocycles. The maximum absolute atomic E-state index is 12.2. The number of halogens is 3. The summed E-state index contributed by atoms with van der Waals surface area (Å²) in [6, 6.07) is 2.96. The zero-order chi connectivity index (χ0) is 18.0. The van der Waals surface area contributed by atoms with Crippen molar-refractivity contribution in [2.24, 2.45) is 0 Å². The van der Waals surface area contributed by atoms with Gasteiger partial charge in [-0.05, 0) is 25.0 Å². The highest BCUT2D eigenvalue weighted by Crippen LogP contribution is 2.32. The van der Waals surface area contributed by atoms with E-state index in [-0.39, 0.29) is 5.56 Å².